The molecule has 2 fully saturated rings. The molecular formula is C22H31F3N6O3S. The summed E-state index contributed by atoms with van der Waals surface area (Å²) in [4.78, 5) is 18.7. The standard InChI is InChI=1S/C22H31F3N6O3S/c1-35(33,34)27-20-7-10-31(26-20)21(32)30-13-11-28(12-14-30)16-17-5-6-18(22(23,24)25)15-19(17)29-8-3-2-4-9-29/h5-7,10,15,20,26-27H,2-4,8-9,11-14,16H2,1H3. The van der Waals surface area contributed by atoms with Crippen molar-refractivity contribution in [2.45, 2.75) is 38.1 Å². The molecule has 2 amide bonds. The number of carbonyl (C=O) groups excluding carboxylic acids is 1. The third kappa shape index (κ3) is 6.66. The van der Waals surface area contributed by atoms with E-state index in [4.69, 9.17) is 0 Å². The van der Waals surface area contributed by atoms with Crippen LogP contribution < -0.4 is 15.0 Å². The van der Waals surface area contributed by atoms with Gasteiger partial charge in [-0.2, -0.15) is 17.9 Å². The number of hydrogen-bond donors (Lipinski definition) is 2. The predicted molar refractivity (Wildman–Crippen MR) is 126 cm³/mol. The van der Waals surface area contributed by atoms with E-state index in [2.05, 4.69) is 19.9 Å². The van der Waals surface area contributed by atoms with Crippen LogP contribution in [0.4, 0.5) is 23.7 Å². The van der Waals surface area contributed by atoms with Gasteiger partial charge in [0.2, 0.25) is 10.0 Å². The van der Waals surface area contributed by atoms with Gasteiger partial charge < -0.3 is 9.80 Å². The summed E-state index contributed by atoms with van der Waals surface area (Å²) in [6.45, 7) is 4.07. The van der Waals surface area contributed by atoms with Crippen LogP contribution in [0.1, 0.15) is 30.4 Å². The van der Waals surface area contributed by atoms with Crippen LogP contribution >= 0.6 is 0 Å². The first-order valence-corrected chi connectivity index (χ1v) is 13.6. The van der Waals surface area contributed by atoms with E-state index in [0.29, 0.717) is 38.4 Å². The molecule has 2 saturated heterocycles. The monoisotopic (exact) mass is 516 g/mol. The van der Waals surface area contributed by atoms with Crippen molar-refractivity contribution in [3.63, 3.8) is 0 Å². The molecule has 0 bridgehead atoms. The smallest absolute Gasteiger partial charge is 0.371 e. The highest BCUT2D eigenvalue weighted by Crippen LogP contribution is 2.35. The van der Waals surface area contributed by atoms with Gasteiger partial charge in [0.25, 0.3) is 0 Å². The highest BCUT2D eigenvalue weighted by Gasteiger charge is 2.33. The number of halogens is 3. The fourth-order valence-electron chi connectivity index (χ4n) is 4.62. The molecule has 1 aromatic carbocycles. The van der Waals surface area contributed by atoms with Crippen molar-refractivity contribution in [1.82, 2.24) is 25.0 Å². The first-order chi connectivity index (χ1) is 16.5. The maximum absolute atomic E-state index is 13.4. The molecule has 13 heteroatoms. The summed E-state index contributed by atoms with van der Waals surface area (Å²) in [7, 11) is -3.43. The topological polar surface area (TPSA) is 88.2 Å². The van der Waals surface area contributed by atoms with Crippen LogP contribution in [-0.4, -0.2) is 80.9 Å². The number of anilines is 1. The van der Waals surface area contributed by atoms with E-state index in [1.807, 2.05) is 0 Å². The van der Waals surface area contributed by atoms with Crippen LogP contribution in [0.5, 0.6) is 0 Å². The van der Waals surface area contributed by atoms with E-state index in [1.165, 1.54) is 17.3 Å². The summed E-state index contributed by atoms with van der Waals surface area (Å²) in [6, 6.07) is 3.71. The van der Waals surface area contributed by atoms with Gasteiger partial charge in [-0.15, -0.1) is 0 Å². The highest BCUT2D eigenvalue weighted by atomic mass is 32.2. The Kier molecular flexibility index (Phi) is 7.60. The number of nitrogens with one attached hydrogen (secondary N) is 2. The van der Waals surface area contributed by atoms with Crippen molar-refractivity contribution < 1.29 is 26.4 Å². The Balaban J connectivity index is 1.36. The molecule has 35 heavy (non-hydrogen) atoms. The number of piperazine rings is 1. The molecule has 0 saturated carbocycles. The molecule has 1 unspecified atom stereocenters. The fraction of sp³-hybridized carbons (Fsp3) is 0.591. The van der Waals surface area contributed by atoms with Gasteiger partial charge in [0.1, 0.15) is 6.17 Å². The fourth-order valence-corrected chi connectivity index (χ4v) is 5.21. The molecule has 3 aliphatic heterocycles. The summed E-state index contributed by atoms with van der Waals surface area (Å²) >= 11 is 0. The SMILES string of the molecule is CS(=O)(=O)NC1C=CN(C(=O)N2CCN(Cc3ccc(C(F)(F)F)cc3N3CCCCC3)CC2)N1. The summed E-state index contributed by atoms with van der Waals surface area (Å²) in [6.07, 6.45) is 2.02. The van der Waals surface area contributed by atoms with Crippen molar-refractivity contribution in [3.8, 4) is 0 Å². The van der Waals surface area contributed by atoms with Crippen molar-refractivity contribution in [2.75, 3.05) is 50.4 Å². The van der Waals surface area contributed by atoms with Gasteiger partial charge in [0.15, 0.2) is 0 Å². The lowest BCUT2D eigenvalue weighted by molar-refractivity contribution is -0.137. The summed E-state index contributed by atoms with van der Waals surface area (Å²) in [5.41, 5.74) is 3.66. The zero-order chi connectivity index (χ0) is 25.2. The molecule has 0 aromatic heterocycles. The van der Waals surface area contributed by atoms with E-state index in [-0.39, 0.29) is 6.03 Å². The third-order valence-corrected chi connectivity index (χ3v) is 7.08. The molecule has 3 aliphatic rings. The average Bonchev–Trinajstić information content (AvgIpc) is 3.26. The molecular weight excluding hydrogens is 485 g/mol. The average molecular weight is 517 g/mol. The number of urea groups is 1. The van der Waals surface area contributed by atoms with E-state index in [1.54, 1.807) is 17.0 Å². The van der Waals surface area contributed by atoms with Gasteiger partial charge in [0, 0.05) is 57.7 Å². The molecule has 194 valence electrons. The predicted octanol–water partition coefficient (Wildman–Crippen LogP) is 2.14. The van der Waals surface area contributed by atoms with Gasteiger partial charge in [-0.05, 0) is 43.0 Å². The molecule has 9 nitrogen and oxygen atoms in total. The lowest BCUT2D eigenvalue weighted by Crippen LogP contribution is -2.55. The van der Waals surface area contributed by atoms with Crippen molar-refractivity contribution in [2.24, 2.45) is 0 Å². The number of piperidine rings is 1. The van der Waals surface area contributed by atoms with Crippen LogP contribution in [0.25, 0.3) is 0 Å². The number of sulfonamides is 1. The minimum atomic E-state index is -4.39. The van der Waals surface area contributed by atoms with E-state index < -0.39 is 27.9 Å². The number of hydrogen-bond acceptors (Lipinski definition) is 6. The molecule has 0 radical (unpaired) electrons. The quantitative estimate of drug-likeness (QED) is 0.624. The molecule has 2 N–H and O–H groups in total. The second-order valence-corrected chi connectivity index (χ2v) is 10.9. The van der Waals surface area contributed by atoms with Crippen molar-refractivity contribution >= 4 is 21.7 Å². The number of benzene rings is 1. The first-order valence-electron chi connectivity index (χ1n) is 11.7. The minimum Gasteiger partial charge on any atom is -0.371 e. The zero-order valence-corrected chi connectivity index (χ0v) is 20.4. The molecule has 1 aromatic rings. The van der Waals surface area contributed by atoms with E-state index in [0.717, 1.165) is 50.2 Å². The summed E-state index contributed by atoms with van der Waals surface area (Å²) in [5, 5.41) is 1.25. The second kappa shape index (κ2) is 10.3. The Hall–Kier alpha value is -2.35. The van der Waals surface area contributed by atoms with Gasteiger partial charge in [0.05, 0.1) is 11.8 Å². The lowest BCUT2D eigenvalue weighted by atomic mass is 10.0. The van der Waals surface area contributed by atoms with Gasteiger partial charge in [-0.1, -0.05) is 6.07 Å². The Morgan fingerprint density at radius 2 is 1.77 bits per heavy atom. The Morgan fingerprint density at radius 3 is 2.40 bits per heavy atom. The van der Waals surface area contributed by atoms with Crippen LogP contribution in [0.15, 0.2) is 30.5 Å². The van der Waals surface area contributed by atoms with Crippen molar-refractivity contribution in [1.29, 1.82) is 0 Å². The van der Waals surface area contributed by atoms with Crippen LogP contribution in [-0.2, 0) is 22.7 Å². The minimum absolute atomic E-state index is 0.290. The normalized spacial score (nSPS) is 22.2. The largest absolute Gasteiger partial charge is 0.416 e. The Morgan fingerprint density at radius 1 is 1.09 bits per heavy atom. The maximum atomic E-state index is 13.4. The number of carbonyl (C=O) groups is 1. The molecule has 0 spiro atoms. The number of alkyl halides is 3. The molecule has 4 rings (SSSR count). The number of nitrogens with zero attached hydrogens (tertiary/aromatic N) is 4. The van der Waals surface area contributed by atoms with E-state index >= 15 is 0 Å². The number of hydrazine groups is 1. The summed E-state index contributed by atoms with van der Waals surface area (Å²) in [5.74, 6) is 0. The van der Waals surface area contributed by atoms with Crippen LogP contribution in [0.3, 0.4) is 0 Å². The number of rotatable bonds is 5. The lowest BCUT2D eigenvalue weighted by Gasteiger charge is -2.37. The first kappa shape index (κ1) is 25.7. The van der Waals surface area contributed by atoms with Gasteiger partial charge in [-0.3, -0.25) is 4.90 Å². The molecule has 3 heterocycles. The maximum Gasteiger partial charge on any atom is 0.416 e. The Bertz CT molecular complexity index is 1050. The second-order valence-electron chi connectivity index (χ2n) is 9.14. The zero-order valence-electron chi connectivity index (χ0n) is 19.6. The number of amides is 2. The summed E-state index contributed by atoms with van der Waals surface area (Å²) < 4.78 is 65.2. The third-order valence-electron chi connectivity index (χ3n) is 6.40. The van der Waals surface area contributed by atoms with E-state index in [9.17, 15) is 26.4 Å². The van der Waals surface area contributed by atoms with Crippen LogP contribution in [0, 0.1) is 0 Å². The molecule has 1 atom stereocenters. The van der Waals surface area contributed by atoms with Gasteiger partial charge >= 0.3 is 12.2 Å². The van der Waals surface area contributed by atoms with Crippen LogP contribution in [0.2, 0.25) is 0 Å². The highest BCUT2D eigenvalue weighted by molar-refractivity contribution is 7.88. The van der Waals surface area contributed by atoms with Crippen molar-refractivity contribution in [3.05, 3.63) is 41.6 Å². The Labute approximate surface area is 203 Å². The molecule has 0 aliphatic carbocycles. The van der Waals surface area contributed by atoms with Gasteiger partial charge in [-0.25, -0.2) is 23.6 Å².